The van der Waals surface area contributed by atoms with Gasteiger partial charge in [0, 0.05) is 27.7 Å². The number of nitrogens with zero attached hydrogens (tertiary/aromatic N) is 1. The Balaban J connectivity index is 2.44. The largest absolute Gasteiger partial charge is 0.325 e. The van der Waals surface area contributed by atoms with Crippen LogP contribution in [0.2, 0.25) is 10.0 Å². The van der Waals surface area contributed by atoms with Gasteiger partial charge in [0.1, 0.15) is 6.07 Å². The van der Waals surface area contributed by atoms with E-state index >= 15 is 0 Å². The third-order valence-corrected chi connectivity index (χ3v) is 3.42. The van der Waals surface area contributed by atoms with Crippen LogP contribution in [-0.4, -0.2) is 4.98 Å². The molecular weight excluding hydrogens is 283 g/mol. The molecule has 0 aliphatic rings. The minimum absolute atomic E-state index is 0.206. The van der Waals surface area contributed by atoms with Crippen molar-refractivity contribution in [1.82, 2.24) is 4.98 Å². The van der Waals surface area contributed by atoms with Crippen LogP contribution in [-0.2, 0) is 6.42 Å². The van der Waals surface area contributed by atoms with Crippen LogP contribution in [0.5, 0.6) is 0 Å². The quantitative estimate of drug-likeness (QED) is 0.922. The molecule has 3 nitrogen and oxygen atoms in total. The molecule has 1 heterocycles. The third kappa shape index (κ3) is 2.98. The zero-order chi connectivity index (χ0) is 14.0. The molecule has 5 heteroatoms. The molecular formula is C14H10Cl2N2O. The van der Waals surface area contributed by atoms with Gasteiger partial charge >= 0.3 is 0 Å². The molecule has 0 aliphatic carbocycles. The molecule has 0 spiro atoms. The molecule has 0 saturated heterocycles. The summed E-state index contributed by atoms with van der Waals surface area (Å²) in [6.45, 7) is 1.69. The molecule has 0 saturated carbocycles. The van der Waals surface area contributed by atoms with E-state index in [9.17, 15) is 4.79 Å². The van der Waals surface area contributed by atoms with Crippen molar-refractivity contribution >= 4 is 23.2 Å². The SMILES string of the molecule is Cc1[nH]c(=O)c(Cc2ccc(Cl)cc2Cl)cc1C#N. The van der Waals surface area contributed by atoms with Gasteiger partial charge in [0.25, 0.3) is 5.56 Å². The summed E-state index contributed by atoms with van der Waals surface area (Å²) in [5.41, 5.74) is 2.12. The van der Waals surface area contributed by atoms with Gasteiger partial charge < -0.3 is 4.98 Å². The van der Waals surface area contributed by atoms with Crippen LogP contribution in [0.15, 0.2) is 29.1 Å². The van der Waals surface area contributed by atoms with Crippen LogP contribution >= 0.6 is 23.2 Å². The third-order valence-electron chi connectivity index (χ3n) is 2.83. The number of rotatable bonds is 2. The Hall–Kier alpha value is -1.76. The molecule has 0 atom stereocenters. The summed E-state index contributed by atoms with van der Waals surface area (Å²) < 4.78 is 0. The van der Waals surface area contributed by atoms with Crippen molar-refractivity contribution in [3.05, 3.63) is 67.0 Å². The van der Waals surface area contributed by atoms with E-state index in [1.807, 2.05) is 6.07 Å². The van der Waals surface area contributed by atoms with Crippen LogP contribution in [0.25, 0.3) is 0 Å². The zero-order valence-corrected chi connectivity index (χ0v) is 11.6. The number of aromatic nitrogens is 1. The molecule has 1 N–H and O–H groups in total. The molecule has 0 amide bonds. The fraction of sp³-hybridized carbons (Fsp3) is 0.143. The van der Waals surface area contributed by atoms with Gasteiger partial charge in [-0.3, -0.25) is 4.79 Å². The van der Waals surface area contributed by atoms with Crippen LogP contribution in [0.4, 0.5) is 0 Å². The van der Waals surface area contributed by atoms with Gasteiger partial charge in [-0.2, -0.15) is 5.26 Å². The highest BCUT2D eigenvalue weighted by Gasteiger charge is 2.09. The Morgan fingerprint density at radius 3 is 2.63 bits per heavy atom. The number of aryl methyl sites for hydroxylation is 1. The van der Waals surface area contributed by atoms with E-state index in [2.05, 4.69) is 4.98 Å². The van der Waals surface area contributed by atoms with E-state index < -0.39 is 0 Å². The van der Waals surface area contributed by atoms with Gasteiger partial charge in [-0.15, -0.1) is 0 Å². The Bertz CT molecular complexity index is 729. The lowest BCUT2D eigenvalue weighted by molar-refractivity contribution is 1.05. The van der Waals surface area contributed by atoms with E-state index in [4.69, 9.17) is 28.5 Å². The van der Waals surface area contributed by atoms with E-state index in [-0.39, 0.29) is 5.56 Å². The van der Waals surface area contributed by atoms with Crippen molar-refractivity contribution in [2.24, 2.45) is 0 Å². The lowest BCUT2D eigenvalue weighted by Gasteiger charge is -2.06. The van der Waals surface area contributed by atoms with E-state index in [0.29, 0.717) is 33.3 Å². The standard InChI is InChI=1S/C14H10Cl2N2O/c1-8-11(7-17)5-10(14(19)18-8)4-9-2-3-12(15)6-13(9)16/h2-3,5-6H,4H2,1H3,(H,18,19). The summed E-state index contributed by atoms with van der Waals surface area (Å²) in [7, 11) is 0. The summed E-state index contributed by atoms with van der Waals surface area (Å²) in [4.78, 5) is 14.5. The lowest BCUT2D eigenvalue weighted by Crippen LogP contribution is -2.15. The normalized spacial score (nSPS) is 10.2. The Labute approximate surface area is 120 Å². The fourth-order valence-corrected chi connectivity index (χ4v) is 2.26. The number of hydrogen-bond acceptors (Lipinski definition) is 2. The topological polar surface area (TPSA) is 56.6 Å². The summed E-state index contributed by atoms with van der Waals surface area (Å²) in [6.07, 6.45) is 0.361. The van der Waals surface area contributed by atoms with Crippen LogP contribution < -0.4 is 5.56 Å². The Kier molecular flexibility index (Phi) is 3.94. The average molecular weight is 293 g/mol. The molecule has 1 aromatic carbocycles. The van der Waals surface area contributed by atoms with Crippen molar-refractivity contribution in [3.63, 3.8) is 0 Å². The monoisotopic (exact) mass is 292 g/mol. The molecule has 0 bridgehead atoms. The molecule has 0 aliphatic heterocycles. The molecule has 2 aromatic rings. The molecule has 96 valence electrons. The summed E-state index contributed by atoms with van der Waals surface area (Å²) in [5, 5.41) is 10.0. The summed E-state index contributed by atoms with van der Waals surface area (Å²) in [6, 6.07) is 8.77. The molecule has 2 rings (SSSR count). The number of H-pyrrole nitrogens is 1. The maximum atomic E-state index is 11.9. The predicted molar refractivity (Wildman–Crippen MR) is 75.8 cm³/mol. The second-order valence-corrected chi connectivity index (χ2v) is 5.03. The minimum Gasteiger partial charge on any atom is -0.325 e. The average Bonchev–Trinajstić information content (AvgIpc) is 2.35. The highest BCUT2D eigenvalue weighted by molar-refractivity contribution is 6.35. The lowest BCUT2D eigenvalue weighted by atomic mass is 10.0. The number of halogens is 2. The molecule has 0 fully saturated rings. The van der Waals surface area contributed by atoms with E-state index in [1.54, 1.807) is 31.2 Å². The van der Waals surface area contributed by atoms with Crippen LogP contribution in [0.1, 0.15) is 22.4 Å². The predicted octanol–water partition coefficient (Wildman–Crippen LogP) is 3.45. The number of hydrogen-bond donors (Lipinski definition) is 1. The highest BCUT2D eigenvalue weighted by atomic mass is 35.5. The number of nitrogens with one attached hydrogen (secondary N) is 1. The van der Waals surface area contributed by atoms with Crippen LogP contribution in [0.3, 0.4) is 0 Å². The number of benzene rings is 1. The smallest absolute Gasteiger partial charge is 0.251 e. The zero-order valence-electron chi connectivity index (χ0n) is 10.1. The Morgan fingerprint density at radius 2 is 2.00 bits per heavy atom. The van der Waals surface area contributed by atoms with Crippen molar-refractivity contribution in [1.29, 1.82) is 5.26 Å². The van der Waals surface area contributed by atoms with Crippen LogP contribution in [0, 0.1) is 18.3 Å². The van der Waals surface area contributed by atoms with Gasteiger partial charge in [0.15, 0.2) is 0 Å². The minimum atomic E-state index is -0.206. The fourth-order valence-electron chi connectivity index (χ4n) is 1.78. The first kappa shape index (κ1) is 13.7. The number of nitriles is 1. The van der Waals surface area contributed by atoms with Gasteiger partial charge in [-0.05, 0) is 30.7 Å². The van der Waals surface area contributed by atoms with Crippen molar-refractivity contribution < 1.29 is 0 Å². The van der Waals surface area contributed by atoms with Crippen molar-refractivity contribution in [3.8, 4) is 6.07 Å². The maximum absolute atomic E-state index is 11.9. The molecule has 0 radical (unpaired) electrons. The van der Waals surface area contributed by atoms with Gasteiger partial charge in [-0.1, -0.05) is 29.3 Å². The number of aromatic amines is 1. The van der Waals surface area contributed by atoms with Crippen molar-refractivity contribution in [2.75, 3.05) is 0 Å². The second-order valence-electron chi connectivity index (χ2n) is 4.19. The van der Waals surface area contributed by atoms with Gasteiger partial charge in [-0.25, -0.2) is 0 Å². The summed E-state index contributed by atoms with van der Waals surface area (Å²) in [5.74, 6) is 0. The highest BCUT2D eigenvalue weighted by Crippen LogP contribution is 2.22. The summed E-state index contributed by atoms with van der Waals surface area (Å²) >= 11 is 11.9. The first-order valence-electron chi connectivity index (χ1n) is 5.58. The second kappa shape index (κ2) is 5.48. The molecule has 1 aromatic heterocycles. The number of pyridine rings is 1. The Morgan fingerprint density at radius 1 is 1.26 bits per heavy atom. The van der Waals surface area contributed by atoms with E-state index in [0.717, 1.165) is 5.56 Å². The first-order valence-corrected chi connectivity index (χ1v) is 6.33. The van der Waals surface area contributed by atoms with Gasteiger partial charge in [0.2, 0.25) is 0 Å². The van der Waals surface area contributed by atoms with E-state index in [1.165, 1.54) is 0 Å². The maximum Gasteiger partial charge on any atom is 0.251 e. The van der Waals surface area contributed by atoms with Gasteiger partial charge in [0.05, 0.1) is 5.56 Å². The molecule has 0 unspecified atom stereocenters. The van der Waals surface area contributed by atoms with Crippen molar-refractivity contribution in [2.45, 2.75) is 13.3 Å². The first-order chi connectivity index (χ1) is 9.01. The molecule has 19 heavy (non-hydrogen) atoms.